The Hall–Kier alpha value is -2.96. The van der Waals surface area contributed by atoms with Gasteiger partial charge in [0.1, 0.15) is 18.8 Å². The van der Waals surface area contributed by atoms with Gasteiger partial charge in [-0.3, -0.25) is 9.59 Å². The maximum Gasteiger partial charge on any atom is 0.331 e. The highest BCUT2D eigenvalue weighted by molar-refractivity contribution is 5.98. The van der Waals surface area contributed by atoms with Crippen LogP contribution >= 0.6 is 0 Å². The van der Waals surface area contributed by atoms with Crippen LogP contribution in [0, 0.1) is 11.8 Å². The summed E-state index contributed by atoms with van der Waals surface area (Å²) in [6.07, 6.45) is 0.364. The van der Waals surface area contributed by atoms with Crippen LogP contribution in [0.4, 0.5) is 0 Å². The second kappa shape index (κ2) is 15.3. The number of pyridine rings is 1. The third kappa shape index (κ3) is 10.1. The van der Waals surface area contributed by atoms with Crippen molar-refractivity contribution in [1.29, 1.82) is 0 Å². The van der Waals surface area contributed by atoms with E-state index < -0.39 is 42.9 Å². The van der Waals surface area contributed by atoms with Crippen molar-refractivity contribution in [2.45, 2.75) is 52.9 Å². The molecule has 1 saturated heterocycles. The Labute approximate surface area is 217 Å². The number of amides is 1. The number of hydrogen-bond donors (Lipinski definition) is 1. The number of nitrogens with one attached hydrogen (secondary N) is 1. The van der Waals surface area contributed by atoms with Gasteiger partial charge in [-0.2, -0.15) is 0 Å². The first-order chi connectivity index (χ1) is 17.6. The van der Waals surface area contributed by atoms with Crippen molar-refractivity contribution in [2.24, 2.45) is 11.8 Å². The molecule has 208 valence electrons. The van der Waals surface area contributed by atoms with E-state index in [2.05, 4.69) is 10.3 Å². The largest absolute Gasteiger partial charge is 0.493 e. The molecule has 2 rings (SSSR count). The van der Waals surface area contributed by atoms with Crippen LogP contribution < -0.4 is 14.8 Å². The fraction of sp³-hybridized carbons (Fsp3) is 0.680. The second-order valence-corrected chi connectivity index (χ2v) is 9.31. The number of carbonyl (C=O) groups is 3. The van der Waals surface area contributed by atoms with Gasteiger partial charge in [0.2, 0.25) is 6.79 Å². The van der Waals surface area contributed by atoms with Crippen molar-refractivity contribution in [3.05, 3.63) is 18.0 Å². The Balaban J connectivity index is 2.15. The van der Waals surface area contributed by atoms with Crippen LogP contribution in [0.1, 0.15) is 45.1 Å². The summed E-state index contributed by atoms with van der Waals surface area (Å²) in [5, 5.41) is 2.58. The average Bonchev–Trinajstić information content (AvgIpc) is 2.91. The molecule has 0 aliphatic carbocycles. The Morgan fingerprint density at radius 1 is 1.08 bits per heavy atom. The summed E-state index contributed by atoms with van der Waals surface area (Å²) in [6, 6.07) is 0.350. The molecule has 0 bridgehead atoms. The standard InChI is InChI=1S/C25H38N2O10/c1-15(2)9-33-20-12-32-11-18(25(30)35-13-21(20)34-10-16(3)4)27-24(29)22-23(37-14-36-17(5)28)19(31-6)7-8-26-22/h7-8,15-16,18,20-21H,9-14H2,1-6H3,(H,27,29)/t18-,20-,21-/m0/s1. The van der Waals surface area contributed by atoms with Gasteiger partial charge in [-0.1, -0.05) is 27.7 Å². The molecule has 1 aliphatic rings. The zero-order chi connectivity index (χ0) is 27.4. The third-order valence-electron chi connectivity index (χ3n) is 5.02. The van der Waals surface area contributed by atoms with Crippen molar-refractivity contribution in [3.63, 3.8) is 0 Å². The molecular formula is C25H38N2O10. The SMILES string of the molecule is COc1ccnc(C(=O)N[C@H]2COC[C@H](OCC(C)C)[C@@H](OCC(C)C)COC2=O)c1OCOC(C)=O. The minimum Gasteiger partial charge on any atom is -0.493 e. The van der Waals surface area contributed by atoms with Gasteiger partial charge in [0, 0.05) is 32.4 Å². The molecule has 2 heterocycles. The number of hydrogen-bond acceptors (Lipinski definition) is 11. The van der Waals surface area contributed by atoms with Crippen molar-refractivity contribution >= 4 is 17.8 Å². The van der Waals surface area contributed by atoms with E-state index in [0.29, 0.717) is 19.1 Å². The molecule has 0 spiro atoms. The highest BCUT2D eigenvalue weighted by Gasteiger charge is 2.33. The van der Waals surface area contributed by atoms with Crippen LogP contribution in [0.25, 0.3) is 0 Å². The molecule has 0 unspecified atom stereocenters. The van der Waals surface area contributed by atoms with Crippen LogP contribution in [-0.2, 0) is 33.3 Å². The molecule has 1 aromatic rings. The summed E-state index contributed by atoms with van der Waals surface area (Å²) in [4.78, 5) is 41.1. The molecule has 12 heteroatoms. The van der Waals surface area contributed by atoms with E-state index in [4.69, 9.17) is 33.2 Å². The predicted octanol–water partition coefficient (Wildman–Crippen LogP) is 1.74. The summed E-state index contributed by atoms with van der Waals surface area (Å²) in [7, 11) is 1.38. The summed E-state index contributed by atoms with van der Waals surface area (Å²) < 4.78 is 38.7. The zero-order valence-electron chi connectivity index (χ0n) is 22.3. The summed E-state index contributed by atoms with van der Waals surface area (Å²) in [5.74, 6) is -1.29. The highest BCUT2D eigenvalue weighted by atomic mass is 16.7. The van der Waals surface area contributed by atoms with Crippen LogP contribution in [0.15, 0.2) is 12.3 Å². The maximum absolute atomic E-state index is 13.1. The first-order valence-electron chi connectivity index (χ1n) is 12.2. The normalized spacial score (nSPS) is 20.4. The van der Waals surface area contributed by atoms with Gasteiger partial charge in [-0.15, -0.1) is 0 Å². The third-order valence-corrected chi connectivity index (χ3v) is 5.02. The summed E-state index contributed by atoms with van der Waals surface area (Å²) >= 11 is 0. The lowest BCUT2D eigenvalue weighted by atomic mass is 10.2. The molecule has 37 heavy (non-hydrogen) atoms. The van der Waals surface area contributed by atoms with Crippen LogP contribution in [0.5, 0.6) is 11.5 Å². The van der Waals surface area contributed by atoms with E-state index in [1.165, 1.54) is 26.3 Å². The number of cyclic esters (lactones) is 1. The molecule has 0 radical (unpaired) electrons. The lowest BCUT2D eigenvalue weighted by Gasteiger charge is -2.27. The van der Waals surface area contributed by atoms with Crippen LogP contribution in [0.2, 0.25) is 0 Å². The molecule has 1 N–H and O–H groups in total. The van der Waals surface area contributed by atoms with Gasteiger partial charge < -0.3 is 38.5 Å². The number of nitrogens with zero attached hydrogens (tertiary/aromatic N) is 1. The number of esters is 2. The van der Waals surface area contributed by atoms with E-state index in [9.17, 15) is 14.4 Å². The van der Waals surface area contributed by atoms with E-state index in [1.54, 1.807) is 0 Å². The molecule has 3 atom stereocenters. The monoisotopic (exact) mass is 526 g/mol. The summed E-state index contributed by atoms with van der Waals surface area (Å²) in [5.41, 5.74) is -0.171. The molecular weight excluding hydrogens is 488 g/mol. The van der Waals surface area contributed by atoms with Gasteiger partial charge in [-0.25, -0.2) is 9.78 Å². The minimum atomic E-state index is -1.13. The fourth-order valence-electron chi connectivity index (χ4n) is 3.18. The predicted molar refractivity (Wildman–Crippen MR) is 130 cm³/mol. The molecule has 0 saturated carbocycles. The Morgan fingerprint density at radius 2 is 1.73 bits per heavy atom. The first kappa shape index (κ1) is 30.3. The minimum absolute atomic E-state index is 0.0506. The van der Waals surface area contributed by atoms with E-state index in [1.807, 2.05) is 27.7 Å². The fourth-order valence-corrected chi connectivity index (χ4v) is 3.18. The lowest BCUT2D eigenvalue weighted by molar-refractivity contribution is -0.156. The average molecular weight is 527 g/mol. The van der Waals surface area contributed by atoms with Crippen molar-refractivity contribution in [2.75, 3.05) is 46.9 Å². The number of carbonyl (C=O) groups excluding carboxylic acids is 3. The van der Waals surface area contributed by atoms with Crippen molar-refractivity contribution < 1.29 is 47.5 Å². The van der Waals surface area contributed by atoms with E-state index in [0.717, 1.165) is 0 Å². The maximum atomic E-state index is 13.1. The van der Waals surface area contributed by atoms with Gasteiger partial charge in [0.15, 0.2) is 23.2 Å². The van der Waals surface area contributed by atoms with Gasteiger partial charge in [-0.05, 0) is 11.8 Å². The van der Waals surface area contributed by atoms with Gasteiger partial charge >= 0.3 is 11.9 Å². The number of rotatable bonds is 12. The molecule has 1 aromatic heterocycles. The Morgan fingerprint density at radius 3 is 2.32 bits per heavy atom. The number of aromatic nitrogens is 1. The Kier molecular flexibility index (Phi) is 12.5. The Bertz CT molecular complexity index is 892. The molecule has 1 fully saturated rings. The molecule has 12 nitrogen and oxygen atoms in total. The van der Waals surface area contributed by atoms with Crippen molar-refractivity contribution in [3.8, 4) is 11.5 Å². The second-order valence-electron chi connectivity index (χ2n) is 9.31. The topological polar surface area (TPSA) is 141 Å². The number of methoxy groups -OCH3 is 1. The first-order valence-corrected chi connectivity index (χ1v) is 12.2. The van der Waals surface area contributed by atoms with Crippen molar-refractivity contribution in [1.82, 2.24) is 10.3 Å². The van der Waals surface area contributed by atoms with E-state index >= 15 is 0 Å². The van der Waals surface area contributed by atoms with E-state index in [-0.39, 0.29) is 42.9 Å². The smallest absolute Gasteiger partial charge is 0.331 e. The molecule has 0 aromatic carbocycles. The molecule has 1 amide bonds. The zero-order valence-corrected chi connectivity index (χ0v) is 22.3. The highest BCUT2D eigenvalue weighted by Crippen LogP contribution is 2.29. The quantitative estimate of drug-likeness (QED) is 0.314. The number of ether oxygens (including phenoxy) is 7. The van der Waals surface area contributed by atoms with Gasteiger partial charge in [0.05, 0.1) is 20.3 Å². The van der Waals surface area contributed by atoms with Crippen LogP contribution in [0.3, 0.4) is 0 Å². The summed E-state index contributed by atoms with van der Waals surface area (Å²) in [6.45, 7) is 9.74. The lowest BCUT2D eigenvalue weighted by Crippen LogP contribution is -2.45. The van der Waals surface area contributed by atoms with Crippen LogP contribution in [-0.4, -0.2) is 88.0 Å². The molecule has 1 aliphatic heterocycles. The van der Waals surface area contributed by atoms with Gasteiger partial charge in [0.25, 0.3) is 5.91 Å².